The highest BCUT2D eigenvalue weighted by Gasteiger charge is 2.15. The Balaban J connectivity index is 2.12. The van der Waals surface area contributed by atoms with Crippen molar-refractivity contribution < 1.29 is 9.72 Å². The SMILES string of the molecule is O=C(Nc1ncn[nH]1)c1ccc([N+](=O)[O-])[nH]1. The molecule has 0 aliphatic rings. The van der Waals surface area contributed by atoms with E-state index >= 15 is 0 Å². The number of anilines is 1. The maximum atomic E-state index is 11.5. The van der Waals surface area contributed by atoms with Crippen LogP contribution in [0.1, 0.15) is 10.5 Å². The number of amides is 1. The third-order valence-corrected chi connectivity index (χ3v) is 1.76. The number of hydrogen-bond acceptors (Lipinski definition) is 5. The summed E-state index contributed by atoms with van der Waals surface area (Å²) in [6, 6.07) is 2.51. The first-order valence-corrected chi connectivity index (χ1v) is 4.17. The van der Waals surface area contributed by atoms with E-state index in [1.54, 1.807) is 0 Å². The minimum absolute atomic E-state index is 0.0723. The summed E-state index contributed by atoms with van der Waals surface area (Å²) < 4.78 is 0. The molecule has 0 saturated carbocycles. The summed E-state index contributed by atoms with van der Waals surface area (Å²) in [5.41, 5.74) is 0.0723. The van der Waals surface area contributed by atoms with Crippen LogP contribution < -0.4 is 5.32 Å². The van der Waals surface area contributed by atoms with Crippen LogP contribution in [0.2, 0.25) is 0 Å². The Hall–Kier alpha value is -2.71. The lowest BCUT2D eigenvalue weighted by molar-refractivity contribution is -0.389. The lowest BCUT2D eigenvalue weighted by atomic mass is 10.4. The number of aromatic amines is 2. The highest BCUT2D eigenvalue weighted by atomic mass is 16.6. The summed E-state index contributed by atoms with van der Waals surface area (Å²) in [6.07, 6.45) is 1.23. The number of carbonyl (C=O) groups excluding carboxylic acids is 1. The largest absolute Gasteiger partial charge is 0.358 e. The van der Waals surface area contributed by atoms with Gasteiger partial charge in [-0.25, -0.2) is 10.1 Å². The quantitative estimate of drug-likeness (QED) is 0.507. The highest BCUT2D eigenvalue weighted by molar-refractivity contribution is 6.02. The van der Waals surface area contributed by atoms with Gasteiger partial charge >= 0.3 is 5.82 Å². The summed E-state index contributed by atoms with van der Waals surface area (Å²) >= 11 is 0. The van der Waals surface area contributed by atoms with Crippen molar-refractivity contribution in [2.24, 2.45) is 0 Å². The topological polar surface area (TPSA) is 130 Å². The number of H-pyrrole nitrogens is 2. The molecule has 3 N–H and O–H groups in total. The fourth-order valence-electron chi connectivity index (χ4n) is 1.06. The fourth-order valence-corrected chi connectivity index (χ4v) is 1.06. The van der Waals surface area contributed by atoms with Gasteiger partial charge in [0.1, 0.15) is 6.33 Å². The summed E-state index contributed by atoms with van der Waals surface area (Å²) in [4.78, 5) is 27.3. The molecule has 2 aromatic heterocycles. The Morgan fingerprint density at radius 3 is 2.88 bits per heavy atom. The average Bonchev–Trinajstić information content (AvgIpc) is 2.86. The number of aromatic nitrogens is 4. The second-order valence-corrected chi connectivity index (χ2v) is 2.80. The molecular formula is C7H6N6O3. The fraction of sp³-hybridized carbons (Fsp3) is 0. The van der Waals surface area contributed by atoms with Crippen LogP contribution in [0.3, 0.4) is 0 Å². The molecule has 2 rings (SSSR count). The number of rotatable bonds is 3. The molecule has 82 valence electrons. The third-order valence-electron chi connectivity index (χ3n) is 1.76. The van der Waals surface area contributed by atoms with Crippen LogP contribution in [0.4, 0.5) is 11.8 Å². The van der Waals surface area contributed by atoms with Gasteiger partial charge in [-0.15, -0.1) is 0 Å². The Bertz CT molecular complexity index is 516. The van der Waals surface area contributed by atoms with Gasteiger partial charge in [0.15, 0.2) is 5.69 Å². The minimum atomic E-state index is -0.620. The molecule has 0 fully saturated rings. The zero-order valence-corrected chi connectivity index (χ0v) is 7.80. The van der Waals surface area contributed by atoms with Crippen molar-refractivity contribution in [3.8, 4) is 0 Å². The van der Waals surface area contributed by atoms with Crippen LogP contribution >= 0.6 is 0 Å². The Morgan fingerprint density at radius 1 is 1.50 bits per heavy atom. The molecule has 9 nitrogen and oxygen atoms in total. The van der Waals surface area contributed by atoms with Crippen molar-refractivity contribution in [2.45, 2.75) is 0 Å². The molecular weight excluding hydrogens is 216 g/mol. The van der Waals surface area contributed by atoms with Gasteiger partial charge < -0.3 is 10.1 Å². The van der Waals surface area contributed by atoms with E-state index in [0.717, 1.165) is 0 Å². The molecule has 0 saturated heterocycles. The predicted molar refractivity (Wildman–Crippen MR) is 51.8 cm³/mol. The van der Waals surface area contributed by atoms with Crippen molar-refractivity contribution in [1.82, 2.24) is 20.2 Å². The molecule has 2 aromatic rings. The van der Waals surface area contributed by atoms with Crippen molar-refractivity contribution >= 4 is 17.7 Å². The minimum Gasteiger partial charge on any atom is -0.358 e. The van der Waals surface area contributed by atoms with Gasteiger partial charge in [-0.1, -0.05) is 0 Å². The van der Waals surface area contributed by atoms with Crippen molar-refractivity contribution in [2.75, 3.05) is 5.32 Å². The summed E-state index contributed by atoms with van der Waals surface area (Å²) in [5, 5.41) is 18.7. The first-order valence-electron chi connectivity index (χ1n) is 4.17. The van der Waals surface area contributed by atoms with Gasteiger partial charge in [0.25, 0.3) is 5.91 Å². The van der Waals surface area contributed by atoms with Gasteiger partial charge in [-0.2, -0.15) is 10.1 Å². The van der Waals surface area contributed by atoms with E-state index in [4.69, 9.17) is 0 Å². The number of nitro groups is 1. The summed E-state index contributed by atoms with van der Waals surface area (Å²) in [7, 11) is 0. The monoisotopic (exact) mass is 222 g/mol. The summed E-state index contributed by atoms with van der Waals surface area (Å²) in [6.45, 7) is 0. The van der Waals surface area contributed by atoms with Crippen LogP contribution in [0.15, 0.2) is 18.5 Å². The molecule has 0 spiro atoms. The molecule has 0 aliphatic carbocycles. The van der Waals surface area contributed by atoms with Gasteiger partial charge in [0.05, 0.1) is 0 Å². The van der Waals surface area contributed by atoms with E-state index in [1.165, 1.54) is 18.5 Å². The molecule has 0 unspecified atom stereocenters. The van der Waals surface area contributed by atoms with E-state index in [0.29, 0.717) is 0 Å². The second kappa shape index (κ2) is 3.81. The van der Waals surface area contributed by atoms with Gasteiger partial charge in [-0.3, -0.25) is 10.1 Å². The third kappa shape index (κ3) is 1.87. The van der Waals surface area contributed by atoms with Crippen molar-refractivity contribution in [3.63, 3.8) is 0 Å². The molecule has 1 amide bonds. The Morgan fingerprint density at radius 2 is 2.31 bits per heavy atom. The second-order valence-electron chi connectivity index (χ2n) is 2.80. The first-order chi connectivity index (χ1) is 7.66. The van der Waals surface area contributed by atoms with Crippen molar-refractivity contribution in [1.29, 1.82) is 0 Å². The Kier molecular flexibility index (Phi) is 2.34. The van der Waals surface area contributed by atoms with Gasteiger partial charge in [0.2, 0.25) is 5.95 Å². The number of nitrogens with one attached hydrogen (secondary N) is 3. The lowest BCUT2D eigenvalue weighted by Gasteiger charge is -1.95. The molecule has 0 radical (unpaired) electrons. The van der Waals surface area contributed by atoms with E-state index in [-0.39, 0.29) is 17.5 Å². The molecule has 0 bridgehead atoms. The maximum Gasteiger partial charge on any atom is 0.321 e. The lowest BCUT2D eigenvalue weighted by Crippen LogP contribution is -2.13. The van der Waals surface area contributed by atoms with Crippen LogP contribution in [-0.4, -0.2) is 31.0 Å². The van der Waals surface area contributed by atoms with E-state index < -0.39 is 10.8 Å². The number of nitrogens with zero attached hydrogens (tertiary/aromatic N) is 3. The zero-order chi connectivity index (χ0) is 11.5. The molecule has 0 atom stereocenters. The van der Waals surface area contributed by atoms with Crippen LogP contribution in [0.25, 0.3) is 0 Å². The van der Waals surface area contributed by atoms with Crippen LogP contribution in [0.5, 0.6) is 0 Å². The predicted octanol–water partition coefficient (Wildman–Crippen LogP) is 0.293. The Labute approximate surface area is 88.0 Å². The molecule has 9 heteroatoms. The average molecular weight is 222 g/mol. The molecule has 0 aliphatic heterocycles. The van der Waals surface area contributed by atoms with Gasteiger partial charge in [0, 0.05) is 6.07 Å². The highest BCUT2D eigenvalue weighted by Crippen LogP contribution is 2.10. The number of carbonyl (C=O) groups is 1. The van der Waals surface area contributed by atoms with Crippen molar-refractivity contribution in [3.05, 3.63) is 34.3 Å². The first kappa shape index (κ1) is 9.83. The standard InChI is InChI=1S/C7H6N6O3/c14-6(11-7-8-3-9-12-7)4-1-2-5(10-4)13(15)16/h1-3,10H,(H2,8,9,11,12,14). The smallest absolute Gasteiger partial charge is 0.321 e. The van der Waals surface area contributed by atoms with Crippen LogP contribution in [0, 0.1) is 10.1 Å². The molecule has 2 heterocycles. The maximum absolute atomic E-state index is 11.5. The van der Waals surface area contributed by atoms with E-state index in [1.807, 2.05) is 0 Å². The molecule has 0 aromatic carbocycles. The zero-order valence-electron chi connectivity index (χ0n) is 7.80. The van der Waals surface area contributed by atoms with Crippen LogP contribution in [-0.2, 0) is 0 Å². The van der Waals surface area contributed by atoms with E-state index in [9.17, 15) is 14.9 Å². The normalized spacial score (nSPS) is 10.0. The number of hydrogen-bond donors (Lipinski definition) is 3. The summed E-state index contributed by atoms with van der Waals surface area (Å²) in [5.74, 6) is -0.616. The van der Waals surface area contributed by atoms with Gasteiger partial charge in [-0.05, 0) is 11.0 Å². The van der Waals surface area contributed by atoms with E-state index in [2.05, 4.69) is 25.5 Å². The molecule has 16 heavy (non-hydrogen) atoms.